The Morgan fingerprint density at radius 1 is 1.11 bits per heavy atom. The highest BCUT2D eigenvalue weighted by Crippen LogP contribution is 2.11. The van der Waals surface area contributed by atoms with Gasteiger partial charge < -0.3 is 0 Å². The summed E-state index contributed by atoms with van der Waals surface area (Å²) in [5, 5.41) is 4.81. The summed E-state index contributed by atoms with van der Waals surface area (Å²) in [6.45, 7) is 0.223. The van der Waals surface area contributed by atoms with E-state index in [2.05, 4.69) is 15.1 Å². The van der Waals surface area contributed by atoms with Gasteiger partial charge in [0.05, 0.1) is 17.8 Å². The number of aromatic amines is 1. The van der Waals surface area contributed by atoms with Crippen LogP contribution in [0.4, 0.5) is 0 Å². The summed E-state index contributed by atoms with van der Waals surface area (Å²) in [7, 11) is 0. The highest BCUT2D eigenvalue weighted by atomic mass is 16.2. The van der Waals surface area contributed by atoms with E-state index in [-0.39, 0.29) is 6.54 Å². The molecule has 2 heterocycles. The van der Waals surface area contributed by atoms with Gasteiger partial charge in [0, 0.05) is 5.39 Å². The highest BCUT2D eigenvalue weighted by molar-refractivity contribution is 5.78. The first-order valence-electron chi connectivity index (χ1n) is 5.73. The number of para-hydroxylation sites is 1. The molecule has 19 heavy (non-hydrogen) atoms. The molecule has 0 bridgehead atoms. The van der Waals surface area contributed by atoms with Crippen LogP contribution >= 0.6 is 0 Å². The van der Waals surface area contributed by atoms with Crippen LogP contribution in [0.1, 0.15) is 5.69 Å². The predicted octanol–water partition coefficient (Wildman–Crippen LogP) is 0.528. The lowest BCUT2D eigenvalue weighted by molar-refractivity contribution is 0.599. The van der Waals surface area contributed by atoms with E-state index in [0.29, 0.717) is 5.69 Å². The van der Waals surface area contributed by atoms with Crippen LogP contribution < -0.4 is 11.2 Å². The molecule has 2 aromatic heterocycles. The van der Waals surface area contributed by atoms with Crippen molar-refractivity contribution in [1.82, 2.24) is 19.7 Å². The number of nitrogens with one attached hydrogen (secondary N) is 1. The lowest BCUT2D eigenvalue weighted by Gasteiger charge is -2.04. The first kappa shape index (κ1) is 11.3. The van der Waals surface area contributed by atoms with Crippen molar-refractivity contribution in [3.63, 3.8) is 0 Å². The molecule has 6 nitrogen and oxygen atoms in total. The van der Waals surface area contributed by atoms with E-state index >= 15 is 0 Å². The van der Waals surface area contributed by atoms with Crippen LogP contribution in [0.5, 0.6) is 0 Å². The zero-order valence-electron chi connectivity index (χ0n) is 9.91. The fourth-order valence-corrected chi connectivity index (χ4v) is 1.84. The number of nitrogens with zero attached hydrogens (tertiary/aromatic N) is 3. The zero-order chi connectivity index (χ0) is 13.2. The Labute approximate surface area is 107 Å². The lowest BCUT2D eigenvalue weighted by atomic mass is 10.2. The molecule has 1 N–H and O–H groups in total. The van der Waals surface area contributed by atoms with Crippen molar-refractivity contribution in [2.45, 2.75) is 6.54 Å². The van der Waals surface area contributed by atoms with E-state index in [0.717, 1.165) is 17.1 Å². The van der Waals surface area contributed by atoms with Crippen LogP contribution in [0, 0.1) is 0 Å². The van der Waals surface area contributed by atoms with E-state index in [1.165, 1.54) is 4.68 Å². The van der Waals surface area contributed by atoms with Crippen molar-refractivity contribution in [3.05, 3.63) is 69.1 Å². The minimum atomic E-state index is -0.539. The molecule has 6 heteroatoms. The van der Waals surface area contributed by atoms with Crippen LogP contribution in [0.15, 0.2) is 52.2 Å². The molecule has 0 spiro atoms. The summed E-state index contributed by atoms with van der Waals surface area (Å²) < 4.78 is 1.17. The number of hydrogen-bond acceptors (Lipinski definition) is 4. The Hall–Kier alpha value is -2.76. The van der Waals surface area contributed by atoms with E-state index in [1.54, 1.807) is 0 Å². The first-order valence-corrected chi connectivity index (χ1v) is 5.73. The lowest BCUT2D eigenvalue weighted by Crippen LogP contribution is -2.31. The SMILES string of the molecule is O=c1cnn(Cc2ccc3ccccc3n2)c(=O)[nH]1. The fraction of sp³-hybridized carbons (Fsp3) is 0.0769. The van der Waals surface area contributed by atoms with Crippen molar-refractivity contribution >= 4 is 10.9 Å². The molecule has 0 unspecified atom stereocenters. The Morgan fingerprint density at radius 3 is 2.79 bits per heavy atom. The molecular weight excluding hydrogens is 244 g/mol. The molecule has 1 aromatic carbocycles. The molecule has 0 fully saturated rings. The van der Waals surface area contributed by atoms with Crippen LogP contribution in [0.2, 0.25) is 0 Å². The number of rotatable bonds is 2. The third-order valence-electron chi connectivity index (χ3n) is 2.75. The predicted molar refractivity (Wildman–Crippen MR) is 70.0 cm³/mol. The normalized spacial score (nSPS) is 10.7. The van der Waals surface area contributed by atoms with Gasteiger partial charge in [-0.15, -0.1) is 0 Å². The van der Waals surface area contributed by atoms with E-state index < -0.39 is 11.2 Å². The maximum Gasteiger partial charge on any atom is 0.345 e. The fourth-order valence-electron chi connectivity index (χ4n) is 1.84. The molecule has 0 saturated carbocycles. The molecule has 0 aliphatic rings. The largest absolute Gasteiger partial charge is 0.345 e. The van der Waals surface area contributed by atoms with Crippen molar-refractivity contribution in [2.75, 3.05) is 0 Å². The maximum atomic E-state index is 11.5. The van der Waals surface area contributed by atoms with E-state index in [1.807, 2.05) is 36.4 Å². The first-order chi connectivity index (χ1) is 9.22. The van der Waals surface area contributed by atoms with Crippen LogP contribution in [-0.2, 0) is 6.54 Å². The molecular formula is C13H10N4O2. The monoisotopic (exact) mass is 254 g/mol. The van der Waals surface area contributed by atoms with Gasteiger partial charge in [-0.3, -0.25) is 14.8 Å². The number of aromatic nitrogens is 4. The summed E-state index contributed by atoms with van der Waals surface area (Å²) in [5.41, 5.74) is 0.521. The molecule has 0 radical (unpaired) electrons. The standard InChI is InChI=1S/C13H10N4O2/c18-12-7-14-17(13(19)16-12)8-10-6-5-9-3-1-2-4-11(9)15-10/h1-7H,8H2,(H,16,18,19). The Balaban J connectivity index is 2.01. The van der Waals surface area contributed by atoms with Crippen molar-refractivity contribution in [3.8, 4) is 0 Å². The average molecular weight is 254 g/mol. The van der Waals surface area contributed by atoms with Crippen molar-refractivity contribution in [2.24, 2.45) is 0 Å². The van der Waals surface area contributed by atoms with Gasteiger partial charge in [-0.25, -0.2) is 9.48 Å². The molecule has 3 aromatic rings. The molecule has 0 amide bonds. The molecule has 3 rings (SSSR count). The zero-order valence-corrected chi connectivity index (χ0v) is 9.91. The van der Waals surface area contributed by atoms with Crippen LogP contribution in [0.25, 0.3) is 10.9 Å². The summed E-state index contributed by atoms with van der Waals surface area (Å²) in [6.07, 6.45) is 1.07. The quantitative estimate of drug-likeness (QED) is 0.723. The molecule has 94 valence electrons. The third kappa shape index (κ3) is 2.28. The number of hydrogen-bond donors (Lipinski definition) is 1. The van der Waals surface area contributed by atoms with Gasteiger partial charge in [0.2, 0.25) is 0 Å². The molecule has 0 saturated heterocycles. The second-order valence-corrected chi connectivity index (χ2v) is 4.09. The number of benzene rings is 1. The van der Waals surface area contributed by atoms with E-state index in [4.69, 9.17) is 0 Å². The highest BCUT2D eigenvalue weighted by Gasteiger charge is 2.02. The van der Waals surface area contributed by atoms with Gasteiger partial charge in [0.1, 0.15) is 6.20 Å². The topological polar surface area (TPSA) is 80.6 Å². The second kappa shape index (κ2) is 4.49. The number of H-pyrrole nitrogens is 1. The third-order valence-corrected chi connectivity index (χ3v) is 2.75. The summed E-state index contributed by atoms with van der Waals surface area (Å²) >= 11 is 0. The average Bonchev–Trinajstić information content (AvgIpc) is 2.42. The van der Waals surface area contributed by atoms with Crippen LogP contribution in [-0.4, -0.2) is 19.7 Å². The minimum absolute atomic E-state index is 0.223. The minimum Gasteiger partial charge on any atom is -0.271 e. The summed E-state index contributed by atoms with van der Waals surface area (Å²) in [6, 6.07) is 11.5. The second-order valence-electron chi connectivity index (χ2n) is 4.09. The van der Waals surface area contributed by atoms with Crippen LogP contribution in [0.3, 0.4) is 0 Å². The van der Waals surface area contributed by atoms with Gasteiger partial charge in [-0.2, -0.15) is 5.10 Å². The molecule has 0 aliphatic heterocycles. The van der Waals surface area contributed by atoms with Gasteiger partial charge in [0.25, 0.3) is 5.56 Å². The molecule has 0 aliphatic carbocycles. The number of fused-ring (bicyclic) bond motifs is 1. The Kier molecular flexibility index (Phi) is 2.68. The maximum absolute atomic E-state index is 11.5. The Bertz CT molecular complexity index is 851. The van der Waals surface area contributed by atoms with E-state index in [9.17, 15) is 9.59 Å². The van der Waals surface area contributed by atoms with Crippen molar-refractivity contribution < 1.29 is 0 Å². The van der Waals surface area contributed by atoms with Crippen molar-refractivity contribution in [1.29, 1.82) is 0 Å². The number of pyridine rings is 1. The molecule has 0 atom stereocenters. The summed E-state index contributed by atoms with van der Waals surface area (Å²) in [5.74, 6) is 0. The van der Waals surface area contributed by atoms with Gasteiger partial charge in [0.15, 0.2) is 0 Å². The Morgan fingerprint density at radius 2 is 1.95 bits per heavy atom. The van der Waals surface area contributed by atoms with Gasteiger partial charge in [-0.05, 0) is 12.1 Å². The van der Waals surface area contributed by atoms with Gasteiger partial charge in [-0.1, -0.05) is 24.3 Å². The summed E-state index contributed by atoms with van der Waals surface area (Å²) in [4.78, 5) is 29.0. The van der Waals surface area contributed by atoms with Gasteiger partial charge >= 0.3 is 5.69 Å². The smallest absolute Gasteiger partial charge is 0.271 e.